The lowest BCUT2D eigenvalue weighted by Crippen LogP contribution is -2.48. The molecule has 32 heavy (non-hydrogen) atoms. The molecule has 1 saturated heterocycles. The van der Waals surface area contributed by atoms with Crippen molar-refractivity contribution in [3.63, 3.8) is 0 Å². The van der Waals surface area contributed by atoms with Crippen molar-refractivity contribution in [3.8, 4) is 0 Å². The molecule has 1 amide bonds. The van der Waals surface area contributed by atoms with E-state index in [0.717, 1.165) is 49.4 Å². The Labute approximate surface area is 191 Å². The fourth-order valence-electron chi connectivity index (χ4n) is 5.14. The molecular formula is C25H37N5O2. The maximum absolute atomic E-state index is 13.2. The fraction of sp³-hybridized carbons (Fsp3) is 0.600. The number of rotatable bonds is 7. The molecule has 0 aliphatic carbocycles. The predicted octanol–water partition coefficient (Wildman–Crippen LogP) is 2.60. The molecule has 1 fully saturated rings. The van der Waals surface area contributed by atoms with Gasteiger partial charge in [-0.1, -0.05) is 30.3 Å². The van der Waals surface area contributed by atoms with Crippen LogP contribution >= 0.6 is 0 Å². The van der Waals surface area contributed by atoms with Crippen LogP contribution in [0.25, 0.3) is 0 Å². The lowest BCUT2D eigenvalue weighted by Gasteiger charge is -2.41. The lowest BCUT2D eigenvalue weighted by molar-refractivity contribution is 0.0820. The summed E-state index contributed by atoms with van der Waals surface area (Å²) in [5.74, 6) is -0.134. The van der Waals surface area contributed by atoms with Gasteiger partial charge >= 0.3 is 0 Å². The Morgan fingerprint density at radius 2 is 1.88 bits per heavy atom. The van der Waals surface area contributed by atoms with Crippen LogP contribution in [0.5, 0.6) is 0 Å². The van der Waals surface area contributed by atoms with Crippen molar-refractivity contribution < 1.29 is 9.90 Å². The van der Waals surface area contributed by atoms with Crippen LogP contribution < -0.4 is 5.32 Å². The second-order valence-corrected chi connectivity index (χ2v) is 9.41. The number of fused-ring (bicyclic) bond motifs is 1. The normalized spacial score (nSPS) is 19.2. The molecule has 4 rings (SSSR count). The maximum atomic E-state index is 13.2. The molecule has 2 N–H and O–H groups in total. The van der Waals surface area contributed by atoms with Crippen molar-refractivity contribution in [2.45, 2.75) is 71.2 Å². The van der Waals surface area contributed by atoms with E-state index >= 15 is 0 Å². The van der Waals surface area contributed by atoms with E-state index in [1.165, 1.54) is 12.8 Å². The number of nitrogens with one attached hydrogen (secondary N) is 1. The molecule has 0 radical (unpaired) electrons. The first-order valence-corrected chi connectivity index (χ1v) is 12.0. The quantitative estimate of drug-likeness (QED) is 0.694. The Hall–Kier alpha value is -2.22. The van der Waals surface area contributed by atoms with Gasteiger partial charge in [0.25, 0.3) is 5.91 Å². The van der Waals surface area contributed by atoms with Crippen LogP contribution in [0.4, 0.5) is 0 Å². The van der Waals surface area contributed by atoms with E-state index in [2.05, 4.69) is 34.1 Å². The number of nitrogens with zero attached hydrogens (tertiary/aromatic N) is 4. The summed E-state index contributed by atoms with van der Waals surface area (Å²) in [6.45, 7) is 11.0. The highest BCUT2D eigenvalue weighted by atomic mass is 16.3. The second kappa shape index (κ2) is 10.1. The molecule has 1 atom stereocenters. The van der Waals surface area contributed by atoms with Crippen LogP contribution in [-0.4, -0.2) is 68.9 Å². The molecule has 174 valence electrons. The van der Waals surface area contributed by atoms with Crippen molar-refractivity contribution in [1.82, 2.24) is 24.9 Å². The minimum atomic E-state index is -0.134. The van der Waals surface area contributed by atoms with E-state index < -0.39 is 0 Å². The van der Waals surface area contributed by atoms with Gasteiger partial charge in [-0.3, -0.25) is 14.4 Å². The number of piperidine rings is 1. The molecule has 2 aliphatic rings. The molecule has 0 saturated carbocycles. The van der Waals surface area contributed by atoms with Gasteiger partial charge in [-0.25, -0.2) is 0 Å². The Morgan fingerprint density at radius 1 is 1.16 bits per heavy atom. The van der Waals surface area contributed by atoms with E-state index in [-0.39, 0.29) is 18.6 Å². The number of hydrogen-bond acceptors (Lipinski definition) is 5. The number of hydrogen-bond donors (Lipinski definition) is 2. The molecular weight excluding hydrogens is 402 g/mol. The largest absolute Gasteiger partial charge is 0.394 e. The Kier molecular flexibility index (Phi) is 7.28. The highest BCUT2D eigenvalue weighted by molar-refractivity contribution is 5.94. The topological polar surface area (TPSA) is 73.6 Å². The van der Waals surface area contributed by atoms with Gasteiger partial charge in [-0.2, -0.15) is 5.10 Å². The zero-order chi connectivity index (χ0) is 22.7. The Balaban J connectivity index is 1.50. The summed E-state index contributed by atoms with van der Waals surface area (Å²) in [6.07, 6.45) is 3.21. The minimum Gasteiger partial charge on any atom is -0.394 e. The average Bonchev–Trinajstić information content (AvgIpc) is 3.18. The first-order chi connectivity index (χ1) is 15.5. The van der Waals surface area contributed by atoms with Gasteiger partial charge in [0.1, 0.15) is 0 Å². The van der Waals surface area contributed by atoms with Gasteiger partial charge in [0.05, 0.1) is 19.2 Å². The van der Waals surface area contributed by atoms with Crippen molar-refractivity contribution in [2.24, 2.45) is 0 Å². The molecule has 1 aromatic heterocycles. The van der Waals surface area contributed by atoms with Crippen LogP contribution in [0.2, 0.25) is 0 Å². The van der Waals surface area contributed by atoms with Gasteiger partial charge in [0.15, 0.2) is 5.69 Å². The number of carbonyl (C=O) groups is 1. The molecule has 3 heterocycles. The summed E-state index contributed by atoms with van der Waals surface area (Å²) in [7, 11) is 0. The summed E-state index contributed by atoms with van der Waals surface area (Å²) in [4.78, 5) is 18.3. The van der Waals surface area contributed by atoms with E-state index in [9.17, 15) is 9.90 Å². The Bertz CT molecular complexity index is 903. The van der Waals surface area contributed by atoms with Gasteiger partial charge in [0, 0.05) is 42.9 Å². The van der Waals surface area contributed by atoms with Crippen LogP contribution in [0.1, 0.15) is 67.0 Å². The smallest absolute Gasteiger partial charge is 0.272 e. The third kappa shape index (κ3) is 4.90. The summed E-state index contributed by atoms with van der Waals surface area (Å²) in [6, 6.07) is 11.1. The summed E-state index contributed by atoms with van der Waals surface area (Å²) in [5, 5.41) is 17.3. The minimum absolute atomic E-state index is 0.0208. The zero-order valence-electron chi connectivity index (χ0n) is 19.6. The van der Waals surface area contributed by atoms with Crippen molar-refractivity contribution in [1.29, 1.82) is 0 Å². The molecule has 7 heteroatoms. The average molecular weight is 440 g/mol. The van der Waals surface area contributed by atoms with Crippen molar-refractivity contribution in [3.05, 3.63) is 52.8 Å². The number of carbonyl (C=O) groups excluding carboxylic acids is 1. The summed E-state index contributed by atoms with van der Waals surface area (Å²) < 4.78 is 1.84. The predicted molar refractivity (Wildman–Crippen MR) is 125 cm³/mol. The van der Waals surface area contributed by atoms with Gasteiger partial charge in [-0.05, 0) is 52.3 Å². The number of likely N-dealkylation sites (tertiary alicyclic amines) is 1. The standard InChI is InChI=1S/C25H37N5O2/c1-18(2)28-12-9-21(10-13-28)29-14-11-23-22(17-29)24(27-30(23)15-16-31)25(32)26-19(3)20-7-5-4-6-8-20/h4-8,18-19,21,31H,9-17H2,1-3H3,(H,26,32). The summed E-state index contributed by atoms with van der Waals surface area (Å²) >= 11 is 0. The lowest BCUT2D eigenvalue weighted by atomic mass is 9.97. The summed E-state index contributed by atoms with van der Waals surface area (Å²) in [5.41, 5.74) is 3.73. The Morgan fingerprint density at radius 3 is 2.53 bits per heavy atom. The van der Waals surface area contributed by atoms with Gasteiger partial charge in [0.2, 0.25) is 0 Å². The second-order valence-electron chi connectivity index (χ2n) is 9.41. The van der Waals surface area contributed by atoms with E-state index in [4.69, 9.17) is 0 Å². The first-order valence-electron chi connectivity index (χ1n) is 12.0. The van der Waals surface area contributed by atoms with E-state index in [1.807, 2.05) is 41.9 Å². The number of benzene rings is 1. The molecule has 1 unspecified atom stereocenters. The fourth-order valence-corrected chi connectivity index (χ4v) is 5.14. The number of aromatic nitrogens is 2. The SMILES string of the molecule is CC(NC(=O)c1nn(CCO)c2c1CN(C1CCN(C(C)C)CC1)CC2)c1ccccc1. The molecule has 0 spiro atoms. The van der Waals surface area contributed by atoms with Crippen molar-refractivity contribution in [2.75, 3.05) is 26.2 Å². The number of aliphatic hydroxyl groups is 1. The van der Waals surface area contributed by atoms with Crippen LogP contribution in [-0.2, 0) is 19.5 Å². The first kappa shape index (κ1) is 23.0. The van der Waals surface area contributed by atoms with Crippen LogP contribution in [0, 0.1) is 0 Å². The van der Waals surface area contributed by atoms with Gasteiger partial charge in [-0.15, -0.1) is 0 Å². The maximum Gasteiger partial charge on any atom is 0.272 e. The highest BCUT2D eigenvalue weighted by Crippen LogP contribution is 2.28. The van der Waals surface area contributed by atoms with E-state index in [0.29, 0.717) is 24.3 Å². The van der Waals surface area contributed by atoms with Crippen molar-refractivity contribution >= 4 is 5.91 Å². The third-order valence-corrected chi connectivity index (χ3v) is 7.08. The highest BCUT2D eigenvalue weighted by Gasteiger charge is 2.33. The molecule has 0 bridgehead atoms. The number of aliphatic hydroxyl groups excluding tert-OH is 1. The molecule has 7 nitrogen and oxygen atoms in total. The zero-order valence-corrected chi connectivity index (χ0v) is 19.6. The molecule has 2 aliphatic heterocycles. The van der Waals surface area contributed by atoms with Gasteiger partial charge < -0.3 is 15.3 Å². The van der Waals surface area contributed by atoms with Crippen LogP contribution in [0.15, 0.2) is 30.3 Å². The van der Waals surface area contributed by atoms with E-state index in [1.54, 1.807) is 0 Å². The van der Waals surface area contributed by atoms with Crippen LogP contribution in [0.3, 0.4) is 0 Å². The molecule has 2 aromatic rings. The third-order valence-electron chi connectivity index (χ3n) is 7.08. The molecule has 1 aromatic carbocycles. The number of amides is 1. The monoisotopic (exact) mass is 439 g/mol.